The molecule has 0 fully saturated rings. The van der Waals surface area contributed by atoms with E-state index in [1.807, 2.05) is 24.3 Å². The van der Waals surface area contributed by atoms with Crippen LogP contribution in [0.4, 0.5) is 0 Å². The van der Waals surface area contributed by atoms with Gasteiger partial charge in [0.2, 0.25) is 0 Å². The van der Waals surface area contributed by atoms with E-state index in [1.54, 1.807) is 11.8 Å². The van der Waals surface area contributed by atoms with Crippen molar-refractivity contribution in [1.82, 2.24) is 0 Å². The largest absolute Gasteiger partial charge is 0.323 e. The van der Waals surface area contributed by atoms with Crippen molar-refractivity contribution in [2.75, 3.05) is 5.75 Å². The fourth-order valence-electron chi connectivity index (χ4n) is 2.21. The minimum atomic E-state index is 0.0237. The molecule has 0 radical (unpaired) electrons. The summed E-state index contributed by atoms with van der Waals surface area (Å²) in [5, 5.41) is 0.793. The van der Waals surface area contributed by atoms with Crippen molar-refractivity contribution in [1.29, 1.82) is 0 Å². The number of nitrogens with two attached hydrogens (primary N) is 1. The molecule has 2 N–H and O–H groups in total. The second-order valence-corrected chi connectivity index (χ2v) is 6.61. The molecule has 2 aromatic carbocycles. The Morgan fingerprint density at radius 1 is 1.05 bits per heavy atom. The van der Waals surface area contributed by atoms with Crippen LogP contribution in [0.3, 0.4) is 0 Å². The summed E-state index contributed by atoms with van der Waals surface area (Å²) in [6.07, 6.45) is 0. The topological polar surface area (TPSA) is 26.0 Å². The van der Waals surface area contributed by atoms with Gasteiger partial charge in [-0.05, 0) is 55.2 Å². The zero-order valence-corrected chi connectivity index (χ0v) is 13.7. The van der Waals surface area contributed by atoms with Gasteiger partial charge in [0, 0.05) is 16.7 Å². The Labute approximate surface area is 130 Å². The molecule has 0 saturated heterocycles. The average molecular weight is 306 g/mol. The zero-order valence-electron chi connectivity index (χ0n) is 12.1. The maximum Gasteiger partial charge on any atom is 0.0541 e. The van der Waals surface area contributed by atoms with Gasteiger partial charge in [0.25, 0.3) is 0 Å². The van der Waals surface area contributed by atoms with Crippen LogP contribution in [0, 0.1) is 20.8 Å². The van der Waals surface area contributed by atoms with Gasteiger partial charge < -0.3 is 5.73 Å². The molecule has 0 spiro atoms. The van der Waals surface area contributed by atoms with Gasteiger partial charge >= 0.3 is 0 Å². The van der Waals surface area contributed by atoms with E-state index >= 15 is 0 Å². The minimum absolute atomic E-state index is 0.0237. The van der Waals surface area contributed by atoms with Crippen molar-refractivity contribution < 1.29 is 0 Å². The molecule has 0 heterocycles. The average Bonchev–Trinajstić information content (AvgIpc) is 2.41. The van der Waals surface area contributed by atoms with Crippen LogP contribution < -0.4 is 5.73 Å². The molecular formula is C17H20ClNS. The number of hydrogen-bond acceptors (Lipinski definition) is 2. The molecule has 0 aliphatic heterocycles. The first-order valence-electron chi connectivity index (χ1n) is 6.69. The highest BCUT2D eigenvalue weighted by molar-refractivity contribution is 7.99. The Balaban J connectivity index is 2.11. The summed E-state index contributed by atoms with van der Waals surface area (Å²) in [4.78, 5) is 1.09. The Hall–Kier alpha value is -0.960. The van der Waals surface area contributed by atoms with Crippen molar-refractivity contribution in [2.24, 2.45) is 5.73 Å². The molecule has 0 amide bonds. The summed E-state index contributed by atoms with van der Waals surface area (Å²) in [6, 6.07) is 12.3. The van der Waals surface area contributed by atoms with Crippen LogP contribution in [-0.2, 0) is 0 Å². The third kappa shape index (κ3) is 3.57. The van der Waals surface area contributed by atoms with E-state index in [4.69, 9.17) is 17.3 Å². The lowest BCUT2D eigenvalue weighted by molar-refractivity contribution is 0.820. The van der Waals surface area contributed by atoms with Gasteiger partial charge in [0.05, 0.1) is 5.02 Å². The third-order valence-electron chi connectivity index (χ3n) is 3.54. The summed E-state index contributed by atoms with van der Waals surface area (Å²) in [7, 11) is 0. The van der Waals surface area contributed by atoms with Crippen LogP contribution in [0.15, 0.2) is 41.3 Å². The predicted octanol–water partition coefficient (Wildman–Crippen LogP) is 5.06. The lowest BCUT2D eigenvalue weighted by atomic mass is 9.97. The van der Waals surface area contributed by atoms with Gasteiger partial charge in [-0.2, -0.15) is 0 Å². The second-order valence-electron chi connectivity index (χ2n) is 5.14. The molecule has 0 bridgehead atoms. The van der Waals surface area contributed by atoms with Gasteiger partial charge in [-0.15, -0.1) is 11.8 Å². The van der Waals surface area contributed by atoms with Crippen LogP contribution in [0.1, 0.15) is 28.3 Å². The Morgan fingerprint density at radius 3 is 2.40 bits per heavy atom. The summed E-state index contributed by atoms with van der Waals surface area (Å²) >= 11 is 7.88. The summed E-state index contributed by atoms with van der Waals surface area (Å²) in [5.41, 5.74) is 11.5. The van der Waals surface area contributed by atoms with Crippen molar-refractivity contribution in [2.45, 2.75) is 31.7 Å². The lowest BCUT2D eigenvalue weighted by Gasteiger charge is -2.17. The third-order valence-corrected chi connectivity index (χ3v) is 5.17. The van der Waals surface area contributed by atoms with Crippen molar-refractivity contribution in [3.8, 4) is 0 Å². The van der Waals surface area contributed by atoms with Crippen molar-refractivity contribution >= 4 is 23.4 Å². The molecule has 2 aromatic rings. The van der Waals surface area contributed by atoms with E-state index in [2.05, 4.69) is 32.9 Å². The van der Waals surface area contributed by atoms with Crippen LogP contribution in [-0.4, -0.2) is 5.75 Å². The smallest absolute Gasteiger partial charge is 0.0541 e. The molecule has 1 nitrogen and oxygen atoms in total. The first kappa shape index (κ1) is 15.4. The number of hydrogen-bond donors (Lipinski definition) is 1. The molecule has 1 unspecified atom stereocenters. The molecule has 1 atom stereocenters. The quantitative estimate of drug-likeness (QED) is 0.799. The normalized spacial score (nSPS) is 12.4. The van der Waals surface area contributed by atoms with E-state index in [9.17, 15) is 0 Å². The molecule has 2 rings (SSSR count). The lowest BCUT2D eigenvalue weighted by Crippen LogP contribution is -2.15. The van der Waals surface area contributed by atoms with E-state index in [-0.39, 0.29) is 6.04 Å². The Morgan fingerprint density at radius 2 is 1.70 bits per heavy atom. The minimum Gasteiger partial charge on any atom is -0.323 e. The number of halogens is 1. The number of thioether (sulfide) groups is 1. The second kappa shape index (κ2) is 6.66. The molecule has 0 aromatic heterocycles. The fourth-order valence-corrected chi connectivity index (χ4v) is 3.43. The molecule has 3 heteroatoms. The van der Waals surface area contributed by atoms with Crippen LogP contribution in [0.25, 0.3) is 0 Å². The molecule has 0 aliphatic rings. The van der Waals surface area contributed by atoms with Crippen LogP contribution >= 0.6 is 23.4 Å². The van der Waals surface area contributed by atoms with Gasteiger partial charge in [-0.1, -0.05) is 35.9 Å². The maximum absolute atomic E-state index is 6.35. The highest BCUT2D eigenvalue weighted by atomic mass is 35.5. The number of rotatable bonds is 4. The van der Waals surface area contributed by atoms with Crippen molar-refractivity contribution in [3.05, 3.63) is 63.7 Å². The number of benzene rings is 2. The SMILES string of the molecule is Cc1cc(C)c(C(N)CSc2ccccc2Cl)cc1C. The monoisotopic (exact) mass is 305 g/mol. The van der Waals surface area contributed by atoms with Gasteiger partial charge in [0.1, 0.15) is 0 Å². The molecule has 0 aliphatic carbocycles. The van der Waals surface area contributed by atoms with Crippen LogP contribution in [0.5, 0.6) is 0 Å². The van der Waals surface area contributed by atoms with E-state index in [0.29, 0.717) is 0 Å². The summed E-state index contributed by atoms with van der Waals surface area (Å²) in [5.74, 6) is 0.826. The van der Waals surface area contributed by atoms with E-state index in [1.165, 1.54) is 22.3 Å². The standard InChI is InChI=1S/C17H20ClNS/c1-11-8-13(3)14(9-12(11)2)16(19)10-20-17-7-5-4-6-15(17)18/h4-9,16H,10,19H2,1-3H3. The van der Waals surface area contributed by atoms with Crippen LogP contribution in [0.2, 0.25) is 5.02 Å². The van der Waals surface area contributed by atoms with Crippen molar-refractivity contribution in [3.63, 3.8) is 0 Å². The first-order valence-corrected chi connectivity index (χ1v) is 8.06. The highest BCUT2D eigenvalue weighted by Gasteiger charge is 2.12. The molecule has 0 saturated carbocycles. The zero-order chi connectivity index (χ0) is 14.7. The summed E-state index contributed by atoms with van der Waals surface area (Å²) in [6.45, 7) is 6.39. The van der Waals surface area contributed by atoms with Gasteiger partial charge in [-0.25, -0.2) is 0 Å². The predicted molar refractivity (Wildman–Crippen MR) is 89.8 cm³/mol. The maximum atomic E-state index is 6.35. The van der Waals surface area contributed by atoms with Gasteiger partial charge in [-0.3, -0.25) is 0 Å². The fraction of sp³-hybridized carbons (Fsp3) is 0.294. The van der Waals surface area contributed by atoms with E-state index in [0.717, 1.165) is 15.7 Å². The molecular weight excluding hydrogens is 286 g/mol. The van der Waals surface area contributed by atoms with Gasteiger partial charge in [0.15, 0.2) is 0 Å². The number of aryl methyl sites for hydroxylation is 3. The highest BCUT2D eigenvalue weighted by Crippen LogP contribution is 2.30. The Kier molecular flexibility index (Phi) is 5.14. The first-order chi connectivity index (χ1) is 9.49. The summed E-state index contributed by atoms with van der Waals surface area (Å²) < 4.78 is 0. The molecule has 20 heavy (non-hydrogen) atoms. The van der Waals surface area contributed by atoms with E-state index < -0.39 is 0 Å². The Bertz CT molecular complexity index is 610. The molecule has 106 valence electrons.